The largest absolute Gasteiger partial charge is 0.439 e. The molecule has 1 heterocycles. The third-order valence-corrected chi connectivity index (χ3v) is 3.11. The molecule has 0 bridgehead atoms. The Morgan fingerprint density at radius 2 is 2.11 bits per heavy atom. The third kappa shape index (κ3) is 2.66. The Labute approximate surface area is 110 Å². The normalized spacial score (nSPS) is 14.4. The van der Waals surface area contributed by atoms with Gasteiger partial charge in [0.05, 0.1) is 12.7 Å². The van der Waals surface area contributed by atoms with Crippen molar-refractivity contribution in [3.05, 3.63) is 36.4 Å². The number of carbonyl (C=O) groups is 1. The van der Waals surface area contributed by atoms with Gasteiger partial charge in [-0.3, -0.25) is 4.79 Å². The Morgan fingerprint density at radius 3 is 2.68 bits per heavy atom. The SMILES string of the molecule is NCc1ncc(-c2ccc(NC(=O)C3CC3)cc2)o1. The molecule has 0 atom stereocenters. The number of oxazole rings is 1. The Balaban J connectivity index is 1.72. The second-order valence-corrected chi connectivity index (χ2v) is 4.66. The molecule has 1 fully saturated rings. The summed E-state index contributed by atoms with van der Waals surface area (Å²) in [5.74, 6) is 1.51. The highest BCUT2D eigenvalue weighted by Crippen LogP contribution is 2.30. The summed E-state index contributed by atoms with van der Waals surface area (Å²) < 4.78 is 5.46. The number of rotatable bonds is 4. The van der Waals surface area contributed by atoms with Crippen molar-refractivity contribution in [2.24, 2.45) is 11.7 Å². The zero-order chi connectivity index (χ0) is 13.2. The molecule has 3 rings (SSSR count). The van der Waals surface area contributed by atoms with Gasteiger partial charge in [0.15, 0.2) is 5.76 Å². The van der Waals surface area contributed by atoms with Gasteiger partial charge in [0.1, 0.15) is 0 Å². The summed E-state index contributed by atoms with van der Waals surface area (Å²) in [6, 6.07) is 7.51. The molecule has 0 spiro atoms. The average Bonchev–Trinajstić information content (AvgIpc) is 3.18. The van der Waals surface area contributed by atoms with E-state index in [1.165, 1.54) is 0 Å². The number of anilines is 1. The molecule has 1 amide bonds. The molecule has 1 aliphatic rings. The second kappa shape index (κ2) is 4.85. The maximum absolute atomic E-state index is 11.6. The van der Waals surface area contributed by atoms with Gasteiger partial charge in [-0.25, -0.2) is 4.98 Å². The van der Waals surface area contributed by atoms with E-state index in [1.54, 1.807) is 6.20 Å². The molecule has 1 saturated carbocycles. The first-order valence-corrected chi connectivity index (χ1v) is 6.32. The topological polar surface area (TPSA) is 81.1 Å². The number of nitrogens with zero attached hydrogens (tertiary/aromatic N) is 1. The molecule has 3 N–H and O–H groups in total. The summed E-state index contributed by atoms with van der Waals surface area (Å²) >= 11 is 0. The van der Waals surface area contributed by atoms with Crippen molar-refractivity contribution < 1.29 is 9.21 Å². The Morgan fingerprint density at radius 1 is 1.37 bits per heavy atom. The Hall–Kier alpha value is -2.14. The molecule has 0 radical (unpaired) electrons. The van der Waals surface area contributed by atoms with Crippen LogP contribution in [0.3, 0.4) is 0 Å². The molecule has 0 saturated heterocycles. The van der Waals surface area contributed by atoms with Crippen molar-refractivity contribution in [3.63, 3.8) is 0 Å². The van der Waals surface area contributed by atoms with Crippen molar-refractivity contribution in [1.29, 1.82) is 0 Å². The monoisotopic (exact) mass is 257 g/mol. The van der Waals surface area contributed by atoms with Crippen molar-refractivity contribution in [2.75, 3.05) is 5.32 Å². The summed E-state index contributed by atoms with van der Waals surface area (Å²) in [4.78, 5) is 15.7. The fraction of sp³-hybridized carbons (Fsp3) is 0.286. The molecular formula is C14H15N3O2. The maximum Gasteiger partial charge on any atom is 0.227 e. The van der Waals surface area contributed by atoms with Crippen LogP contribution in [0, 0.1) is 5.92 Å². The molecule has 1 aromatic heterocycles. The van der Waals surface area contributed by atoms with Crippen LogP contribution < -0.4 is 11.1 Å². The molecule has 1 aliphatic carbocycles. The highest BCUT2D eigenvalue weighted by Gasteiger charge is 2.29. The van der Waals surface area contributed by atoms with E-state index < -0.39 is 0 Å². The number of benzene rings is 1. The third-order valence-electron chi connectivity index (χ3n) is 3.11. The van der Waals surface area contributed by atoms with Crippen LogP contribution in [0.2, 0.25) is 0 Å². The highest BCUT2D eigenvalue weighted by molar-refractivity contribution is 5.94. The fourth-order valence-electron chi connectivity index (χ4n) is 1.85. The number of aromatic nitrogens is 1. The minimum absolute atomic E-state index is 0.109. The Bertz CT molecular complexity index is 585. The van der Waals surface area contributed by atoms with Crippen molar-refractivity contribution in [3.8, 4) is 11.3 Å². The number of nitrogens with one attached hydrogen (secondary N) is 1. The van der Waals surface area contributed by atoms with Gasteiger partial charge in [-0.1, -0.05) is 0 Å². The zero-order valence-electron chi connectivity index (χ0n) is 10.4. The molecule has 19 heavy (non-hydrogen) atoms. The van der Waals surface area contributed by atoms with Crippen LogP contribution in [0.1, 0.15) is 18.7 Å². The Kier molecular flexibility index (Phi) is 3.05. The molecule has 0 aliphatic heterocycles. The number of nitrogens with two attached hydrogens (primary N) is 1. The summed E-state index contributed by atoms with van der Waals surface area (Å²) in [5.41, 5.74) is 7.17. The quantitative estimate of drug-likeness (QED) is 0.879. The van der Waals surface area contributed by atoms with Gasteiger partial charge in [0, 0.05) is 17.2 Å². The predicted molar refractivity (Wildman–Crippen MR) is 71.2 cm³/mol. The van der Waals surface area contributed by atoms with Gasteiger partial charge < -0.3 is 15.5 Å². The van der Waals surface area contributed by atoms with Crippen LogP contribution in [-0.4, -0.2) is 10.9 Å². The summed E-state index contributed by atoms with van der Waals surface area (Å²) in [7, 11) is 0. The van der Waals surface area contributed by atoms with Crippen molar-refractivity contribution >= 4 is 11.6 Å². The molecular weight excluding hydrogens is 242 g/mol. The van der Waals surface area contributed by atoms with Gasteiger partial charge in [0.25, 0.3) is 0 Å². The lowest BCUT2D eigenvalue weighted by atomic mass is 10.1. The predicted octanol–water partition coefficient (Wildman–Crippen LogP) is 2.15. The van der Waals surface area contributed by atoms with Gasteiger partial charge in [0.2, 0.25) is 11.8 Å². The first-order valence-electron chi connectivity index (χ1n) is 6.32. The standard InChI is InChI=1S/C14H15N3O2/c15-7-13-16-8-12(19-13)9-3-5-11(6-4-9)17-14(18)10-1-2-10/h3-6,8,10H,1-2,7,15H2,(H,17,18). The van der Waals surface area contributed by atoms with Crippen LogP contribution >= 0.6 is 0 Å². The lowest BCUT2D eigenvalue weighted by Crippen LogP contribution is -2.12. The number of amides is 1. The van der Waals surface area contributed by atoms with Crippen LogP contribution in [0.4, 0.5) is 5.69 Å². The smallest absolute Gasteiger partial charge is 0.227 e. The molecule has 2 aromatic rings. The molecule has 5 nitrogen and oxygen atoms in total. The average molecular weight is 257 g/mol. The number of carbonyl (C=O) groups excluding carboxylic acids is 1. The van der Waals surface area contributed by atoms with E-state index in [9.17, 15) is 4.79 Å². The van der Waals surface area contributed by atoms with E-state index >= 15 is 0 Å². The molecule has 0 unspecified atom stereocenters. The maximum atomic E-state index is 11.6. The molecule has 5 heteroatoms. The van der Waals surface area contributed by atoms with Crippen LogP contribution in [-0.2, 0) is 11.3 Å². The van der Waals surface area contributed by atoms with Crippen molar-refractivity contribution in [1.82, 2.24) is 4.98 Å². The van der Waals surface area contributed by atoms with E-state index in [0.29, 0.717) is 11.7 Å². The van der Waals surface area contributed by atoms with E-state index in [-0.39, 0.29) is 18.4 Å². The highest BCUT2D eigenvalue weighted by atomic mass is 16.4. The minimum atomic E-state index is 0.109. The van der Waals surface area contributed by atoms with E-state index in [4.69, 9.17) is 10.2 Å². The van der Waals surface area contributed by atoms with Crippen molar-refractivity contribution in [2.45, 2.75) is 19.4 Å². The lowest BCUT2D eigenvalue weighted by molar-refractivity contribution is -0.117. The van der Waals surface area contributed by atoms with Crippen LogP contribution in [0.25, 0.3) is 11.3 Å². The summed E-state index contributed by atoms with van der Waals surface area (Å²) in [6.45, 7) is 0.287. The van der Waals surface area contributed by atoms with E-state index in [2.05, 4.69) is 10.3 Å². The lowest BCUT2D eigenvalue weighted by Gasteiger charge is -2.04. The van der Waals surface area contributed by atoms with Crippen LogP contribution in [0.5, 0.6) is 0 Å². The molecule has 98 valence electrons. The minimum Gasteiger partial charge on any atom is -0.439 e. The van der Waals surface area contributed by atoms with E-state index in [0.717, 1.165) is 24.1 Å². The fourth-order valence-corrected chi connectivity index (χ4v) is 1.85. The van der Waals surface area contributed by atoms with Gasteiger partial charge in [-0.15, -0.1) is 0 Å². The van der Waals surface area contributed by atoms with Gasteiger partial charge in [-0.2, -0.15) is 0 Å². The zero-order valence-corrected chi connectivity index (χ0v) is 10.4. The first-order chi connectivity index (χ1) is 9.26. The first kappa shape index (κ1) is 11.9. The van der Waals surface area contributed by atoms with E-state index in [1.807, 2.05) is 24.3 Å². The summed E-state index contributed by atoms with van der Waals surface area (Å²) in [5, 5.41) is 2.89. The summed E-state index contributed by atoms with van der Waals surface area (Å²) in [6.07, 6.45) is 3.66. The van der Waals surface area contributed by atoms with Crippen LogP contribution in [0.15, 0.2) is 34.9 Å². The second-order valence-electron chi connectivity index (χ2n) is 4.66. The number of hydrogen-bond acceptors (Lipinski definition) is 4. The van der Waals surface area contributed by atoms with Gasteiger partial charge >= 0.3 is 0 Å². The van der Waals surface area contributed by atoms with Gasteiger partial charge in [-0.05, 0) is 37.1 Å². The molecule has 1 aromatic carbocycles. The number of hydrogen-bond donors (Lipinski definition) is 2.